The van der Waals surface area contributed by atoms with Crippen LogP contribution in [-0.4, -0.2) is 14.6 Å². The largest absolute Gasteiger partial charge is 0.366 e. The summed E-state index contributed by atoms with van der Waals surface area (Å²) in [4.78, 5) is 4.93. The van der Waals surface area contributed by atoms with Gasteiger partial charge in [0.15, 0.2) is 0 Å². The van der Waals surface area contributed by atoms with Crippen molar-refractivity contribution in [3.8, 4) is 11.3 Å². The fourth-order valence-corrected chi connectivity index (χ4v) is 2.78. The lowest BCUT2D eigenvalue weighted by molar-refractivity contribution is 0.992. The summed E-state index contributed by atoms with van der Waals surface area (Å²) in [6.45, 7) is 0. The van der Waals surface area contributed by atoms with Gasteiger partial charge >= 0.3 is 0 Å². The Labute approximate surface area is 104 Å². The number of benzene rings is 1. The van der Waals surface area contributed by atoms with Gasteiger partial charge in [-0.15, -0.1) is 16.4 Å². The molecule has 2 aromatic heterocycles. The molecule has 1 aromatic carbocycles. The first-order valence-electron chi connectivity index (χ1n) is 4.60. The Balaban J connectivity index is 2.25. The first kappa shape index (κ1) is 9.80. The molecule has 2 N–H and O–H groups in total. The van der Waals surface area contributed by atoms with Crippen LogP contribution < -0.4 is 5.73 Å². The molecule has 0 saturated carbocycles. The molecular weight excluding hydrogens is 288 g/mol. The van der Waals surface area contributed by atoms with Crippen molar-refractivity contribution in [1.82, 2.24) is 14.6 Å². The summed E-state index contributed by atoms with van der Waals surface area (Å²) < 4.78 is 2.80. The summed E-state index contributed by atoms with van der Waals surface area (Å²) in [7, 11) is 0. The second kappa shape index (κ2) is 3.57. The fraction of sp³-hybridized carbons (Fsp3) is 0. The van der Waals surface area contributed by atoms with Crippen LogP contribution in [-0.2, 0) is 0 Å². The van der Waals surface area contributed by atoms with Crippen molar-refractivity contribution in [3.05, 3.63) is 34.1 Å². The van der Waals surface area contributed by atoms with Gasteiger partial charge in [0.25, 0.3) is 0 Å². The highest BCUT2D eigenvalue weighted by molar-refractivity contribution is 9.10. The number of nitrogen functional groups attached to an aromatic ring is 1. The standard InChI is InChI=1S/C10H7BrN4S/c11-7-3-1-2-6(4-7)8-5-16-10-13-9(12)14-15(8)10/h1-5H,(H2,12,14). The van der Waals surface area contributed by atoms with E-state index in [2.05, 4.69) is 26.0 Å². The van der Waals surface area contributed by atoms with Crippen molar-refractivity contribution in [2.24, 2.45) is 0 Å². The van der Waals surface area contributed by atoms with Gasteiger partial charge in [0, 0.05) is 15.4 Å². The van der Waals surface area contributed by atoms with Gasteiger partial charge in [0.1, 0.15) is 0 Å². The third kappa shape index (κ3) is 1.50. The van der Waals surface area contributed by atoms with E-state index in [1.807, 2.05) is 29.6 Å². The normalized spacial score (nSPS) is 11.1. The second-order valence-electron chi connectivity index (χ2n) is 3.30. The molecule has 0 aliphatic carbocycles. The number of hydrogen-bond acceptors (Lipinski definition) is 4. The van der Waals surface area contributed by atoms with Gasteiger partial charge in [-0.05, 0) is 12.1 Å². The van der Waals surface area contributed by atoms with Crippen molar-refractivity contribution in [1.29, 1.82) is 0 Å². The van der Waals surface area contributed by atoms with Crippen molar-refractivity contribution in [3.63, 3.8) is 0 Å². The Morgan fingerprint density at radius 3 is 3.06 bits per heavy atom. The molecule has 0 bridgehead atoms. The van der Waals surface area contributed by atoms with E-state index in [4.69, 9.17) is 5.73 Å². The Hall–Kier alpha value is -1.40. The van der Waals surface area contributed by atoms with Crippen LogP contribution in [0.1, 0.15) is 0 Å². The number of thiazole rings is 1. The van der Waals surface area contributed by atoms with Crippen molar-refractivity contribution in [2.75, 3.05) is 5.73 Å². The third-order valence-corrected chi connectivity index (χ3v) is 3.53. The average molecular weight is 295 g/mol. The molecular formula is C10H7BrN4S. The molecule has 0 amide bonds. The molecule has 0 aliphatic heterocycles. The monoisotopic (exact) mass is 294 g/mol. The molecule has 3 rings (SSSR count). The molecule has 0 spiro atoms. The smallest absolute Gasteiger partial charge is 0.241 e. The van der Waals surface area contributed by atoms with E-state index in [0.717, 1.165) is 20.7 Å². The summed E-state index contributed by atoms with van der Waals surface area (Å²) in [5.41, 5.74) is 7.66. The number of anilines is 1. The van der Waals surface area contributed by atoms with E-state index in [9.17, 15) is 0 Å². The van der Waals surface area contributed by atoms with Gasteiger partial charge in [0.2, 0.25) is 10.9 Å². The number of hydrogen-bond donors (Lipinski definition) is 1. The summed E-state index contributed by atoms with van der Waals surface area (Å²) in [5.74, 6) is 0.308. The molecule has 6 heteroatoms. The number of nitrogens with two attached hydrogens (primary N) is 1. The predicted octanol–water partition coefficient (Wildman–Crippen LogP) is 2.80. The highest BCUT2D eigenvalue weighted by Crippen LogP contribution is 2.27. The minimum absolute atomic E-state index is 0.308. The van der Waals surface area contributed by atoms with Crippen LogP contribution in [0.3, 0.4) is 0 Å². The van der Waals surface area contributed by atoms with Gasteiger partial charge in [0.05, 0.1) is 5.69 Å². The lowest BCUT2D eigenvalue weighted by Crippen LogP contribution is -1.91. The number of aromatic nitrogens is 3. The Morgan fingerprint density at radius 2 is 2.25 bits per heavy atom. The Kier molecular flexibility index (Phi) is 2.19. The zero-order valence-electron chi connectivity index (χ0n) is 8.09. The van der Waals surface area contributed by atoms with E-state index in [1.165, 1.54) is 11.3 Å². The molecule has 0 atom stereocenters. The Morgan fingerprint density at radius 1 is 1.38 bits per heavy atom. The van der Waals surface area contributed by atoms with Crippen molar-refractivity contribution >= 4 is 38.2 Å². The second-order valence-corrected chi connectivity index (χ2v) is 5.05. The van der Waals surface area contributed by atoms with Crippen LogP contribution >= 0.6 is 27.3 Å². The van der Waals surface area contributed by atoms with Crippen LogP contribution in [0.15, 0.2) is 34.1 Å². The maximum absolute atomic E-state index is 5.57. The quantitative estimate of drug-likeness (QED) is 0.751. The molecule has 16 heavy (non-hydrogen) atoms. The summed E-state index contributed by atoms with van der Waals surface area (Å²) in [6.07, 6.45) is 0. The molecule has 0 saturated heterocycles. The van der Waals surface area contributed by atoms with Crippen LogP contribution in [0, 0.1) is 0 Å². The highest BCUT2D eigenvalue weighted by Gasteiger charge is 2.09. The summed E-state index contributed by atoms with van der Waals surface area (Å²) >= 11 is 4.98. The number of rotatable bonds is 1. The SMILES string of the molecule is Nc1nc2scc(-c3cccc(Br)c3)n2n1. The van der Waals surface area contributed by atoms with Crippen LogP contribution in [0.5, 0.6) is 0 Å². The average Bonchev–Trinajstić information content (AvgIpc) is 2.76. The van der Waals surface area contributed by atoms with Gasteiger partial charge in [-0.2, -0.15) is 4.98 Å². The number of fused-ring (bicyclic) bond motifs is 1. The highest BCUT2D eigenvalue weighted by atomic mass is 79.9. The molecule has 0 radical (unpaired) electrons. The van der Waals surface area contributed by atoms with Crippen molar-refractivity contribution in [2.45, 2.75) is 0 Å². The van der Waals surface area contributed by atoms with Gasteiger partial charge < -0.3 is 5.73 Å². The Bertz CT molecular complexity index is 658. The maximum Gasteiger partial charge on any atom is 0.241 e. The molecule has 0 unspecified atom stereocenters. The van der Waals surface area contributed by atoms with E-state index in [1.54, 1.807) is 4.52 Å². The van der Waals surface area contributed by atoms with Crippen molar-refractivity contribution < 1.29 is 0 Å². The topological polar surface area (TPSA) is 56.2 Å². The predicted molar refractivity (Wildman–Crippen MR) is 68.4 cm³/mol. The minimum Gasteiger partial charge on any atom is -0.366 e. The van der Waals surface area contributed by atoms with Gasteiger partial charge in [-0.25, -0.2) is 4.52 Å². The van der Waals surface area contributed by atoms with E-state index in [0.29, 0.717) is 5.95 Å². The fourth-order valence-electron chi connectivity index (χ4n) is 1.54. The summed E-state index contributed by atoms with van der Waals surface area (Å²) in [6, 6.07) is 8.05. The molecule has 2 heterocycles. The third-order valence-electron chi connectivity index (χ3n) is 2.22. The summed E-state index contributed by atoms with van der Waals surface area (Å²) in [5, 5.41) is 6.18. The van der Waals surface area contributed by atoms with E-state index in [-0.39, 0.29) is 0 Å². The van der Waals surface area contributed by atoms with Crippen LogP contribution in [0.2, 0.25) is 0 Å². The zero-order chi connectivity index (χ0) is 11.1. The molecule has 3 aromatic rings. The number of halogens is 1. The molecule has 80 valence electrons. The van der Waals surface area contributed by atoms with Gasteiger partial charge in [-0.1, -0.05) is 28.1 Å². The minimum atomic E-state index is 0.308. The first-order valence-corrected chi connectivity index (χ1v) is 6.27. The lowest BCUT2D eigenvalue weighted by atomic mass is 10.2. The maximum atomic E-state index is 5.57. The molecule has 0 fully saturated rings. The van der Waals surface area contributed by atoms with E-state index < -0.39 is 0 Å². The first-order chi connectivity index (χ1) is 7.74. The lowest BCUT2D eigenvalue weighted by Gasteiger charge is -1.98. The van der Waals surface area contributed by atoms with Crippen LogP contribution in [0.25, 0.3) is 16.2 Å². The number of nitrogens with zero attached hydrogens (tertiary/aromatic N) is 3. The molecule has 0 aliphatic rings. The van der Waals surface area contributed by atoms with Gasteiger partial charge in [-0.3, -0.25) is 0 Å². The van der Waals surface area contributed by atoms with E-state index >= 15 is 0 Å². The van der Waals surface area contributed by atoms with Crippen LogP contribution in [0.4, 0.5) is 5.95 Å². The molecule has 4 nitrogen and oxygen atoms in total. The zero-order valence-corrected chi connectivity index (χ0v) is 10.5.